The van der Waals surface area contributed by atoms with Crippen molar-refractivity contribution >= 4 is 16.1 Å². The van der Waals surface area contributed by atoms with Crippen LogP contribution in [0, 0.1) is 5.92 Å². The van der Waals surface area contributed by atoms with Crippen molar-refractivity contribution < 1.29 is 17.9 Å². The lowest BCUT2D eigenvalue weighted by molar-refractivity contribution is 0.0730. The Morgan fingerprint density at radius 1 is 1.10 bits per heavy atom. The van der Waals surface area contributed by atoms with Crippen LogP contribution in [0.15, 0.2) is 30.3 Å². The molecule has 2 amide bonds. The summed E-state index contributed by atoms with van der Waals surface area (Å²) in [5, 5.41) is 5.57. The molecule has 0 saturated carbocycles. The zero-order valence-corrected chi connectivity index (χ0v) is 17.7. The molecular weight excluding hydrogens is 392 g/mol. The van der Waals surface area contributed by atoms with Crippen molar-refractivity contribution in [2.75, 3.05) is 58.2 Å². The second kappa shape index (κ2) is 10.9. The van der Waals surface area contributed by atoms with Crippen molar-refractivity contribution in [3.63, 3.8) is 0 Å². The number of nitrogens with zero attached hydrogens (tertiary/aromatic N) is 2. The predicted molar refractivity (Wildman–Crippen MR) is 112 cm³/mol. The van der Waals surface area contributed by atoms with E-state index >= 15 is 0 Å². The molecule has 3 rings (SSSR count). The maximum absolute atomic E-state index is 12.3. The monoisotopic (exact) mass is 424 g/mol. The van der Waals surface area contributed by atoms with Gasteiger partial charge in [-0.3, -0.25) is 4.90 Å². The SMILES string of the molecule is O=C(NCCS(=O)(=O)N1CCOCC1)NCC1CCCN(Cc2ccccc2)C1. The van der Waals surface area contributed by atoms with Crippen molar-refractivity contribution in [1.82, 2.24) is 19.8 Å². The smallest absolute Gasteiger partial charge is 0.314 e. The molecule has 0 spiro atoms. The second-order valence-electron chi connectivity index (χ2n) is 7.69. The Balaban J connectivity index is 1.33. The molecule has 0 bridgehead atoms. The van der Waals surface area contributed by atoms with Crippen LogP contribution in [0.2, 0.25) is 0 Å². The molecule has 8 nitrogen and oxygen atoms in total. The molecule has 1 unspecified atom stereocenters. The van der Waals surface area contributed by atoms with Crippen LogP contribution >= 0.6 is 0 Å². The molecule has 2 aliphatic heterocycles. The molecule has 1 atom stereocenters. The van der Waals surface area contributed by atoms with Gasteiger partial charge in [-0.15, -0.1) is 0 Å². The molecule has 0 aliphatic carbocycles. The number of likely N-dealkylation sites (tertiary alicyclic amines) is 1. The Morgan fingerprint density at radius 2 is 1.86 bits per heavy atom. The second-order valence-corrected chi connectivity index (χ2v) is 9.78. The molecule has 2 N–H and O–H groups in total. The van der Waals surface area contributed by atoms with E-state index in [2.05, 4.69) is 39.8 Å². The van der Waals surface area contributed by atoms with E-state index in [4.69, 9.17) is 4.74 Å². The van der Waals surface area contributed by atoms with Crippen LogP contribution in [0.25, 0.3) is 0 Å². The molecule has 2 aliphatic rings. The summed E-state index contributed by atoms with van der Waals surface area (Å²) in [6.07, 6.45) is 2.22. The normalized spacial score (nSPS) is 21.6. The average molecular weight is 425 g/mol. The molecule has 1 aromatic rings. The van der Waals surface area contributed by atoms with Gasteiger partial charge in [-0.1, -0.05) is 30.3 Å². The Bertz CT molecular complexity index is 738. The first-order valence-corrected chi connectivity index (χ1v) is 12.0. The van der Waals surface area contributed by atoms with Crippen molar-refractivity contribution in [2.45, 2.75) is 19.4 Å². The van der Waals surface area contributed by atoms with Gasteiger partial charge < -0.3 is 15.4 Å². The number of nitrogens with one attached hydrogen (secondary N) is 2. The summed E-state index contributed by atoms with van der Waals surface area (Å²) < 4.78 is 31.1. The number of sulfonamides is 1. The summed E-state index contributed by atoms with van der Waals surface area (Å²) >= 11 is 0. The Labute approximate surface area is 173 Å². The van der Waals surface area contributed by atoms with E-state index in [1.54, 1.807) is 0 Å². The number of benzene rings is 1. The zero-order chi connectivity index (χ0) is 20.5. The lowest BCUT2D eigenvalue weighted by Crippen LogP contribution is -2.46. The molecular formula is C20H32N4O4S. The summed E-state index contributed by atoms with van der Waals surface area (Å²) in [4.78, 5) is 14.5. The molecule has 0 radical (unpaired) electrons. The third-order valence-electron chi connectivity index (χ3n) is 5.41. The number of urea groups is 1. The largest absolute Gasteiger partial charge is 0.379 e. The number of amides is 2. The van der Waals surface area contributed by atoms with E-state index in [1.807, 2.05) is 6.07 Å². The summed E-state index contributed by atoms with van der Waals surface area (Å²) in [5.41, 5.74) is 1.31. The minimum Gasteiger partial charge on any atom is -0.379 e. The van der Waals surface area contributed by atoms with Gasteiger partial charge in [-0.05, 0) is 30.9 Å². The minimum absolute atomic E-state index is 0.0886. The number of carbonyl (C=O) groups is 1. The summed E-state index contributed by atoms with van der Waals surface area (Å²) in [5.74, 6) is 0.324. The van der Waals surface area contributed by atoms with Gasteiger partial charge in [0.2, 0.25) is 10.0 Å². The fourth-order valence-electron chi connectivity index (χ4n) is 3.85. The van der Waals surface area contributed by atoms with Gasteiger partial charge in [0.25, 0.3) is 0 Å². The first-order chi connectivity index (χ1) is 14.0. The highest BCUT2D eigenvalue weighted by molar-refractivity contribution is 7.89. The topological polar surface area (TPSA) is 91.0 Å². The van der Waals surface area contributed by atoms with Gasteiger partial charge in [-0.2, -0.15) is 4.31 Å². The van der Waals surface area contributed by atoms with Crippen molar-refractivity contribution in [2.24, 2.45) is 5.92 Å². The molecule has 0 aromatic heterocycles. The number of hydrogen-bond donors (Lipinski definition) is 2. The summed E-state index contributed by atoms with van der Waals surface area (Å²) in [7, 11) is -3.35. The van der Waals surface area contributed by atoms with E-state index in [0.717, 1.165) is 32.5 Å². The van der Waals surface area contributed by atoms with Crippen LogP contribution in [0.4, 0.5) is 4.79 Å². The summed E-state index contributed by atoms with van der Waals surface area (Å²) in [6, 6.07) is 10.1. The Morgan fingerprint density at radius 3 is 2.62 bits per heavy atom. The van der Waals surface area contributed by atoms with Gasteiger partial charge in [0.1, 0.15) is 0 Å². The first kappa shape index (κ1) is 22.0. The predicted octanol–water partition coefficient (Wildman–Crippen LogP) is 0.860. The first-order valence-electron chi connectivity index (χ1n) is 10.4. The van der Waals surface area contributed by atoms with Gasteiger partial charge >= 0.3 is 6.03 Å². The van der Waals surface area contributed by atoms with Crippen molar-refractivity contribution in [1.29, 1.82) is 0 Å². The minimum atomic E-state index is -3.35. The number of hydrogen-bond acceptors (Lipinski definition) is 5. The standard InChI is InChI=1S/C20H32N4O4S/c25-20(21-8-14-29(26,27)24-10-12-28-13-11-24)22-15-19-7-4-9-23(17-19)16-18-5-2-1-3-6-18/h1-3,5-6,19H,4,7-17H2,(H2,21,22,25). The summed E-state index contributed by atoms with van der Waals surface area (Å²) in [6.45, 7) is 5.31. The molecule has 2 heterocycles. The third-order valence-corrected chi connectivity index (χ3v) is 7.28. The van der Waals surface area contributed by atoms with Crippen LogP contribution in [-0.4, -0.2) is 81.9 Å². The Kier molecular flexibility index (Phi) is 8.29. The fourth-order valence-corrected chi connectivity index (χ4v) is 5.17. The number of carbonyl (C=O) groups excluding carboxylic acids is 1. The number of rotatable bonds is 8. The highest BCUT2D eigenvalue weighted by Gasteiger charge is 2.24. The number of piperidine rings is 1. The van der Waals surface area contributed by atoms with Gasteiger partial charge in [0.15, 0.2) is 0 Å². The van der Waals surface area contributed by atoms with Crippen LogP contribution in [0.5, 0.6) is 0 Å². The quantitative estimate of drug-likeness (QED) is 0.646. The number of morpholine rings is 1. The highest BCUT2D eigenvalue weighted by atomic mass is 32.2. The average Bonchev–Trinajstić information content (AvgIpc) is 2.74. The van der Waals surface area contributed by atoms with Crippen molar-refractivity contribution in [3.05, 3.63) is 35.9 Å². The van der Waals surface area contributed by atoms with E-state index in [1.165, 1.54) is 9.87 Å². The lowest BCUT2D eigenvalue weighted by atomic mass is 9.97. The van der Waals surface area contributed by atoms with E-state index in [0.29, 0.717) is 38.8 Å². The van der Waals surface area contributed by atoms with E-state index in [9.17, 15) is 13.2 Å². The van der Waals surface area contributed by atoms with Gasteiger partial charge in [-0.25, -0.2) is 13.2 Å². The van der Waals surface area contributed by atoms with Gasteiger partial charge in [0, 0.05) is 39.3 Å². The fraction of sp³-hybridized carbons (Fsp3) is 0.650. The Hall–Kier alpha value is -1.68. The molecule has 1 aromatic carbocycles. The molecule has 29 heavy (non-hydrogen) atoms. The molecule has 2 fully saturated rings. The molecule has 9 heteroatoms. The zero-order valence-electron chi connectivity index (χ0n) is 16.9. The molecule has 162 valence electrons. The van der Waals surface area contributed by atoms with Crippen LogP contribution in [0.1, 0.15) is 18.4 Å². The van der Waals surface area contributed by atoms with Crippen LogP contribution in [0.3, 0.4) is 0 Å². The van der Waals surface area contributed by atoms with E-state index in [-0.39, 0.29) is 18.3 Å². The van der Waals surface area contributed by atoms with Crippen molar-refractivity contribution in [3.8, 4) is 0 Å². The lowest BCUT2D eigenvalue weighted by Gasteiger charge is -2.32. The van der Waals surface area contributed by atoms with E-state index < -0.39 is 10.0 Å². The highest BCUT2D eigenvalue weighted by Crippen LogP contribution is 2.18. The van der Waals surface area contributed by atoms with Crippen LogP contribution < -0.4 is 10.6 Å². The van der Waals surface area contributed by atoms with Crippen LogP contribution in [-0.2, 0) is 21.3 Å². The third kappa shape index (κ3) is 7.26. The number of ether oxygens (including phenoxy) is 1. The maximum Gasteiger partial charge on any atom is 0.314 e. The maximum atomic E-state index is 12.3. The molecule has 2 saturated heterocycles. The van der Waals surface area contributed by atoms with Gasteiger partial charge in [0.05, 0.1) is 19.0 Å².